The maximum atomic E-state index is 5.28. The average Bonchev–Trinajstić information content (AvgIpc) is 2.37. The molecule has 98 valence electrons. The fraction of sp³-hybridized carbons (Fsp3) is 0.273. The second-order valence-electron chi connectivity index (χ2n) is 3.23. The Kier molecular flexibility index (Phi) is 4.79. The first-order valence-electron chi connectivity index (χ1n) is 5.10. The Morgan fingerprint density at radius 2 is 1.78 bits per heavy atom. The summed E-state index contributed by atoms with van der Waals surface area (Å²) in [6.07, 6.45) is 1.58. The van der Waals surface area contributed by atoms with E-state index in [0.29, 0.717) is 17.2 Å². The highest BCUT2D eigenvalue weighted by molar-refractivity contribution is 5.83. The second kappa shape index (κ2) is 6.33. The number of hydrazone groups is 1. The Bertz CT molecular complexity index is 468. The molecular formula is C11H17N4O3+. The first kappa shape index (κ1) is 13.6. The molecule has 0 saturated carbocycles. The van der Waals surface area contributed by atoms with E-state index in [1.165, 1.54) is 14.2 Å². The summed E-state index contributed by atoms with van der Waals surface area (Å²) in [5, 5.41) is 6.23. The Labute approximate surface area is 105 Å². The topological polar surface area (TPSA) is 106 Å². The van der Waals surface area contributed by atoms with Crippen LogP contribution in [0.25, 0.3) is 0 Å². The maximum absolute atomic E-state index is 5.28. The molecule has 0 radical (unpaired) electrons. The molecule has 0 aliphatic rings. The molecule has 1 rings (SSSR count). The molecule has 0 amide bonds. The molecule has 7 nitrogen and oxygen atoms in total. The zero-order valence-corrected chi connectivity index (χ0v) is 10.6. The van der Waals surface area contributed by atoms with Gasteiger partial charge in [-0.05, 0) is 12.1 Å². The number of ether oxygens (including phenoxy) is 3. The molecule has 0 heterocycles. The second-order valence-corrected chi connectivity index (χ2v) is 3.23. The van der Waals surface area contributed by atoms with Crippen molar-refractivity contribution in [1.82, 2.24) is 0 Å². The molecule has 0 bridgehead atoms. The number of nitrogens with zero attached hydrogens (tertiary/aromatic N) is 1. The Hall–Kier alpha value is -2.44. The molecule has 0 aliphatic heterocycles. The molecule has 0 atom stereocenters. The molecule has 1 aromatic carbocycles. The zero-order valence-electron chi connectivity index (χ0n) is 10.6. The third-order valence-electron chi connectivity index (χ3n) is 2.15. The predicted molar refractivity (Wildman–Crippen MR) is 68.0 cm³/mol. The molecular weight excluding hydrogens is 236 g/mol. The number of nitrogens with two attached hydrogens (primary N) is 2. The molecule has 1 aromatic rings. The van der Waals surface area contributed by atoms with Crippen LogP contribution < -0.4 is 30.8 Å². The Balaban J connectivity index is 3.21. The van der Waals surface area contributed by atoms with Crippen molar-refractivity contribution in [2.75, 3.05) is 21.3 Å². The van der Waals surface area contributed by atoms with Gasteiger partial charge in [-0.1, -0.05) is 0 Å². The van der Waals surface area contributed by atoms with E-state index < -0.39 is 0 Å². The van der Waals surface area contributed by atoms with E-state index in [1.54, 1.807) is 25.5 Å². The summed E-state index contributed by atoms with van der Waals surface area (Å²) in [6, 6.07) is 3.54. The summed E-state index contributed by atoms with van der Waals surface area (Å²) < 4.78 is 15.7. The van der Waals surface area contributed by atoms with Crippen LogP contribution in [0, 0.1) is 0 Å². The number of benzene rings is 1. The van der Waals surface area contributed by atoms with Gasteiger partial charge in [-0.25, -0.2) is 0 Å². The lowest BCUT2D eigenvalue weighted by Crippen LogP contribution is -2.63. The monoisotopic (exact) mass is 253 g/mol. The van der Waals surface area contributed by atoms with Gasteiger partial charge in [0.2, 0.25) is 12.0 Å². The summed E-state index contributed by atoms with van der Waals surface area (Å²) in [5.41, 5.74) is 11.1. The minimum atomic E-state index is -0.0642. The largest absolute Gasteiger partial charge is 0.493 e. The van der Waals surface area contributed by atoms with E-state index >= 15 is 0 Å². The van der Waals surface area contributed by atoms with Crippen LogP contribution in [0.5, 0.6) is 17.2 Å². The number of hydrogen-bond donors (Lipinski definition) is 3. The lowest BCUT2D eigenvalue weighted by atomic mass is 10.2. The smallest absolute Gasteiger partial charge is 0.256 e. The van der Waals surface area contributed by atoms with Gasteiger partial charge in [0, 0.05) is 5.10 Å². The molecule has 0 saturated heterocycles. The number of nitrogens with one attached hydrogen (secondary N) is 1. The first-order chi connectivity index (χ1) is 8.63. The van der Waals surface area contributed by atoms with Crippen LogP contribution in [0.4, 0.5) is 0 Å². The van der Waals surface area contributed by atoms with Crippen LogP contribution in [-0.4, -0.2) is 33.5 Å². The summed E-state index contributed by atoms with van der Waals surface area (Å²) in [5.74, 6) is 1.54. The maximum Gasteiger partial charge on any atom is 0.256 e. The summed E-state index contributed by atoms with van der Waals surface area (Å²) >= 11 is 0. The Morgan fingerprint density at radius 1 is 1.11 bits per heavy atom. The van der Waals surface area contributed by atoms with Gasteiger partial charge in [0.05, 0.1) is 26.9 Å². The number of methoxy groups -OCH3 is 3. The average molecular weight is 253 g/mol. The van der Waals surface area contributed by atoms with Crippen LogP contribution in [0.2, 0.25) is 0 Å². The van der Waals surface area contributed by atoms with Crippen LogP contribution in [0.1, 0.15) is 5.56 Å². The van der Waals surface area contributed by atoms with E-state index in [2.05, 4.69) is 10.2 Å². The van der Waals surface area contributed by atoms with E-state index in [1.807, 2.05) is 0 Å². The predicted octanol–water partition coefficient (Wildman–Crippen LogP) is -1.60. The molecule has 0 fully saturated rings. The van der Waals surface area contributed by atoms with Crippen LogP contribution in [-0.2, 0) is 0 Å². The van der Waals surface area contributed by atoms with E-state index in [4.69, 9.17) is 25.7 Å². The standard InChI is InChI=1S/C11H16N4O3/c1-16-8-5-4-7(6-14-15-11(12)13)9(17-2)10(8)18-3/h4-6H,1-3H3,(H4,12,13,15)/p+1/b14-6-. The highest BCUT2D eigenvalue weighted by Crippen LogP contribution is 2.38. The molecule has 7 heteroatoms. The van der Waals surface area contributed by atoms with Crippen LogP contribution in [0.15, 0.2) is 17.2 Å². The molecule has 0 spiro atoms. The zero-order chi connectivity index (χ0) is 13.5. The van der Waals surface area contributed by atoms with Crippen molar-refractivity contribution < 1.29 is 19.3 Å². The van der Waals surface area contributed by atoms with Crippen molar-refractivity contribution in [3.05, 3.63) is 17.7 Å². The number of rotatable bonds is 5. The summed E-state index contributed by atoms with van der Waals surface area (Å²) in [6.45, 7) is 0. The van der Waals surface area contributed by atoms with Gasteiger partial charge >= 0.3 is 0 Å². The first-order valence-corrected chi connectivity index (χ1v) is 5.10. The van der Waals surface area contributed by atoms with Crippen molar-refractivity contribution in [2.24, 2.45) is 16.6 Å². The Morgan fingerprint density at radius 3 is 2.28 bits per heavy atom. The van der Waals surface area contributed by atoms with Gasteiger partial charge in [-0.15, -0.1) is 5.10 Å². The minimum Gasteiger partial charge on any atom is -0.493 e. The molecule has 0 aliphatic carbocycles. The lowest BCUT2D eigenvalue weighted by Gasteiger charge is -2.12. The normalized spacial score (nSPS) is 10.2. The molecule has 5 N–H and O–H groups in total. The van der Waals surface area contributed by atoms with Crippen molar-refractivity contribution in [3.63, 3.8) is 0 Å². The fourth-order valence-electron chi connectivity index (χ4n) is 1.41. The van der Waals surface area contributed by atoms with Crippen molar-refractivity contribution >= 4 is 12.2 Å². The SMILES string of the molecule is COc1ccc(/C=[NH+]\N=C(N)N)c(OC)c1OC. The van der Waals surface area contributed by atoms with E-state index in [0.717, 1.165) is 5.56 Å². The quantitative estimate of drug-likeness (QED) is 0.333. The van der Waals surface area contributed by atoms with Gasteiger partial charge < -0.3 is 25.7 Å². The lowest BCUT2D eigenvalue weighted by molar-refractivity contribution is -0.456. The summed E-state index contributed by atoms with van der Waals surface area (Å²) in [4.78, 5) is 0. The number of guanidine groups is 1. The molecule has 0 unspecified atom stereocenters. The van der Waals surface area contributed by atoms with Gasteiger partial charge in [-0.2, -0.15) is 0 Å². The third-order valence-corrected chi connectivity index (χ3v) is 2.15. The van der Waals surface area contributed by atoms with Gasteiger partial charge in [0.1, 0.15) is 0 Å². The van der Waals surface area contributed by atoms with Gasteiger partial charge in [0.25, 0.3) is 5.96 Å². The summed E-state index contributed by atoms with van der Waals surface area (Å²) in [7, 11) is 4.63. The van der Waals surface area contributed by atoms with Crippen LogP contribution in [0.3, 0.4) is 0 Å². The highest BCUT2D eigenvalue weighted by Gasteiger charge is 2.15. The van der Waals surface area contributed by atoms with E-state index in [-0.39, 0.29) is 5.96 Å². The molecule has 0 aromatic heterocycles. The molecule has 18 heavy (non-hydrogen) atoms. The fourth-order valence-corrected chi connectivity index (χ4v) is 1.41. The number of hydrogen-bond acceptors (Lipinski definition) is 4. The van der Waals surface area contributed by atoms with Crippen molar-refractivity contribution in [1.29, 1.82) is 0 Å². The van der Waals surface area contributed by atoms with Crippen molar-refractivity contribution in [2.45, 2.75) is 0 Å². The minimum absolute atomic E-state index is 0.0642. The third kappa shape index (κ3) is 3.03. The van der Waals surface area contributed by atoms with Crippen LogP contribution >= 0.6 is 0 Å². The van der Waals surface area contributed by atoms with Gasteiger partial charge in [-0.3, -0.25) is 0 Å². The highest BCUT2D eigenvalue weighted by atomic mass is 16.5. The van der Waals surface area contributed by atoms with E-state index in [9.17, 15) is 0 Å². The van der Waals surface area contributed by atoms with Gasteiger partial charge in [0.15, 0.2) is 11.5 Å². The van der Waals surface area contributed by atoms with Crippen molar-refractivity contribution in [3.8, 4) is 17.2 Å².